The number of rotatable bonds is 4. The Labute approximate surface area is 193 Å². The highest BCUT2D eigenvalue weighted by atomic mass is 35.5. The van der Waals surface area contributed by atoms with Crippen molar-refractivity contribution in [1.29, 1.82) is 0 Å². The van der Waals surface area contributed by atoms with E-state index in [1.54, 1.807) is 0 Å². The molecule has 5 rings (SSSR count). The predicted octanol–water partition coefficient (Wildman–Crippen LogP) is 4.63. The third-order valence-corrected chi connectivity index (χ3v) is 10.1. The molecule has 0 aromatic rings. The molecule has 0 aromatic carbocycles. The molecule has 1 saturated heterocycles. The summed E-state index contributed by atoms with van der Waals surface area (Å²) in [6.45, 7) is 7.65. The fraction of sp³-hybridized carbons (Fsp3) is 0.920. The minimum atomic E-state index is -0.0687. The monoisotopic (exact) mass is 452 g/mol. The number of nitrogens with one attached hydrogen (secondary N) is 1. The van der Waals surface area contributed by atoms with E-state index in [0.717, 1.165) is 64.1 Å². The highest BCUT2D eigenvalue weighted by molar-refractivity contribution is 5.87. The van der Waals surface area contributed by atoms with Crippen LogP contribution in [0.1, 0.15) is 71.6 Å². The number of Topliss-reactive ketones (excluding diaryl/α,β-unsaturated/α-hetero) is 1. The number of halogens is 1. The number of ketones is 1. The molecule has 1 N–H and O–H groups in total. The molecule has 4 aliphatic carbocycles. The lowest BCUT2D eigenvalue weighted by Crippen LogP contribution is -2.57. The maximum Gasteiger partial charge on any atom is 0.141 e. The molecule has 1 aliphatic heterocycles. The summed E-state index contributed by atoms with van der Waals surface area (Å²) in [6.07, 6.45) is 10.1. The molecule has 31 heavy (non-hydrogen) atoms. The average molecular weight is 453 g/mol. The van der Waals surface area contributed by atoms with E-state index in [9.17, 15) is 4.79 Å². The van der Waals surface area contributed by atoms with Crippen LogP contribution in [0.2, 0.25) is 0 Å². The lowest BCUT2D eigenvalue weighted by atomic mass is 9.43. The Kier molecular flexibility index (Phi) is 6.78. The van der Waals surface area contributed by atoms with Crippen LogP contribution >= 0.6 is 12.4 Å². The number of fused-ring (bicyclic) bond motifs is 5. The largest absolute Gasteiger partial charge is 0.391 e. The van der Waals surface area contributed by atoms with Gasteiger partial charge in [-0.1, -0.05) is 19.0 Å². The van der Waals surface area contributed by atoms with E-state index in [2.05, 4.69) is 24.3 Å². The van der Waals surface area contributed by atoms with Gasteiger partial charge in [0.2, 0.25) is 0 Å². The molecule has 4 saturated carbocycles. The molecule has 6 heteroatoms. The molecular formula is C25H41ClN2O3. The van der Waals surface area contributed by atoms with E-state index >= 15 is 0 Å². The molecule has 8 atom stereocenters. The van der Waals surface area contributed by atoms with Crippen molar-refractivity contribution in [3.8, 4) is 0 Å². The van der Waals surface area contributed by atoms with Crippen LogP contribution < -0.4 is 5.32 Å². The predicted molar refractivity (Wildman–Crippen MR) is 125 cm³/mol. The first-order valence-corrected chi connectivity index (χ1v) is 12.4. The van der Waals surface area contributed by atoms with Crippen molar-refractivity contribution in [2.24, 2.45) is 45.6 Å². The van der Waals surface area contributed by atoms with E-state index < -0.39 is 0 Å². The summed E-state index contributed by atoms with van der Waals surface area (Å²) < 4.78 is 5.75. The average Bonchev–Trinajstić information content (AvgIpc) is 3.35. The Morgan fingerprint density at radius 2 is 1.97 bits per heavy atom. The van der Waals surface area contributed by atoms with Gasteiger partial charge in [0.25, 0.3) is 0 Å². The van der Waals surface area contributed by atoms with E-state index in [0.29, 0.717) is 34.9 Å². The van der Waals surface area contributed by atoms with E-state index in [1.165, 1.54) is 25.0 Å². The fourth-order valence-electron chi connectivity index (χ4n) is 8.34. The van der Waals surface area contributed by atoms with Crippen molar-refractivity contribution in [3.05, 3.63) is 0 Å². The fourth-order valence-corrected chi connectivity index (χ4v) is 8.34. The van der Waals surface area contributed by atoms with E-state index in [1.807, 2.05) is 7.11 Å². The van der Waals surface area contributed by atoms with Crippen molar-refractivity contribution in [1.82, 2.24) is 5.32 Å². The second-order valence-corrected chi connectivity index (χ2v) is 11.4. The maximum absolute atomic E-state index is 12.8. The van der Waals surface area contributed by atoms with Gasteiger partial charge in [-0.25, -0.2) is 0 Å². The number of hydrogen-bond acceptors (Lipinski definition) is 5. The zero-order chi connectivity index (χ0) is 20.9. The van der Waals surface area contributed by atoms with Gasteiger partial charge in [-0.3, -0.25) is 4.79 Å². The van der Waals surface area contributed by atoms with Crippen molar-refractivity contribution in [3.63, 3.8) is 0 Å². The van der Waals surface area contributed by atoms with Crippen LogP contribution in [0.3, 0.4) is 0 Å². The first-order chi connectivity index (χ1) is 14.5. The van der Waals surface area contributed by atoms with Gasteiger partial charge in [-0.2, -0.15) is 0 Å². The smallest absolute Gasteiger partial charge is 0.141 e. The molecule has 0 bridgehead atoms. The molecule has 0 aromatic heterocycles. The SMILES string of the molecule is COCC1CC2CC(=NO[C@@H]3CCNC3)CC[C@]2(C)[C@@H]2CC[C@]3(C)C(=O)CC[C@H]3[C@H]12.Cl. The van der Waals surface area contributed by atoms with Crippen LogP contribution in [-0.4, -0.2) is 44.4 Å². The first-order valence-electron chi connectivity index (χ1n) is 12.4. The third-order valence-electron chi connectivity index (χ3n) is 10.1. The number of nitrogens with zero attached hydrogens (tertiary/aromatic N) is 1. The Morgan fingerprint density at radius 1 is 1.13 bits per heavy atom. The molecule has 0 amide bonds. The summed E-state index contributed by atoms with van der Waals surface area (Å²) in [5.74, 6) is 3.71. The highest BCUT2D eigenvalue weighted by Crippen LogP contribution is 2.66. The molecule has 0 spiro atoms. The van der Waals surface area contributed by atoms with Crippen LogP contribution in [0.4, 0.5) is 0 Å². The number of ether oxygens (including phenoxy) is 1. The Bertz CT molecular complexity index is 709. The Morgan fingerprint density at radius 3 is 2.71 bits per heavy atom. The van der Waals surface area contributed by atoms with Crippen LogP contribution in [0.15, 0.2) is 5.16 Å². The van der Waals surface area contributed by atoms with Gasteiger partial charge in [-0.05, 0) is 86.5 Å². The standard InChI is InChI=1S/C25H40N2O3.ClH/c1-24-9-6-18(27-30-19-8-11-26-14-19)13-17(24)12-16(15-29-3)23-20-4-5-22(28)25(20,2)10-7-21(23)24;/h16-17,19-21,23,26H,4-15H2,1-3H3;1H/t16?,17?,19-,20+,21-,23+,24+,25+;/m1./s1. The number of carbonyl (C=O) groups excluding carboxylic acids is 1. The second kappa shape index (κ2) is 8.95. The molecule has 1 heterocycles. The highest BCUT2D eigenvalue weighted by Gasteiger charge is 2.62. The summed E-state index contributed by atoms with van der Waals surface area (Å²) in [4.78, 5) is 18.7. The number of hydrogen-bond donors (Lipinski definition) is 1. The van der Waals surface area contributed by atoms with Crippen molar-refractivity contribution in [2.75, 3.05) is 26.8 Å². The van der Waals surface area contributed by atoms with Gasteiger partial charge in [0.05, 0.1) is 5.71 Å². The van der Waals surface area contributed by atoms with Gasteiger partial charge in [0, 0.05) is 38.5 Å². The number of carbonyl (C=O) groups is 1. The van der Waals surface area contributed by atoms with Gasteiger partial charge in [0.1, 0.15) is 11.9 Å². The molecule has 0 radical (unpaired) electrons. The first kappa shape index (κ1) is 23.5. The molecule has 176 valence electrons. The minimum absolute atomic E-state index is 0. The number of oxime groups is 1. The normalized spacial score (nSPS) is 48.0. The quantitative estimate of drug-likeness (QED) is 0.632. The van der Waals surface area contributed by atoms with Gasteiger partial charge in [-0.15, -0.1) is 12.4 Å². The molecular weight excluding hydrogens is 412 g/mol. The summed E-state index contributed by atoms with van der Waals surface area (Å²) in [5, 5.41) is 7.99. The topological polar surface area (TPSA) is 59.9 Å². The van der Waals surface area contributed by atoms with Crippen LogP contribution in [0, 0.1) is 40.4 Å². The summed E-state index contributed by atoms with van der Waals surface area (Å²) in [6, 6.07) is 0. The van der Waals surface area contributed by atoms with Crippen molar-refractivity contribution in [2.45, 2.75) is 77.7 Å². The van der Waals surface area contributed by atoms with E-state index in [-0.39, 0.29) is 23.9 Å². The second-order valence-electron chi connectivity index (χ2n) is 11.4. The van der Waals surface area contributed by atoms with Gasteiger partial charge >= 0.3 is 0 Å². The Balaban J connectivity index is 0.00000231. The van der Waals surface area contributed by atoms with Gasteiger partial charge in [0.15, 0.2) is 0 Å². The Hall–Kier alpha value is -0.650. The molecule has 5 fully saturated rings. The minimum Gasteiger partial charge on any atom is -0.391 e. The molecule has 2 unspecified atom stereocenters. The van der Waals surface area contributed by atoms with Gasteiger partial charge < -0.3 is 14.9 Å². The zero-order valence-corrected chi connectivity index (χ0v) is 20.3. The molecule has 5 aliphatic rings. The van der Waals surface area contributed by atoms with Crippen LogP contribution in [-0.2, 0) is 14.4 Å². The van der Waals surface area contributed by atoms with Crippen LogP contribution in [0.25, 0.3) is 0 Å². The number of methoxy groups -OCH3 is 1. The lowest BCUT2D eigenvalue weighted by Gasteiger charge is -2.62. The van der Waals surface area contributed by atoms with Crippen molar-refractivity contribution < 1.29 is 14.4 Å². The van der Waals surface area contributed by atoms with Crippen LogP contribution in [0.5, 0.6) is 0 Å². The third kappa shape index (κ3) is 3.87. The van der Waals surface area contributed by atoms with Crippen molar-refractivity contribution >= 4 is 23.9 Å². The molecule has 5 nitrogen and oxygen atoms in total. The van der Waals surface area contributed by atoms with E-state index in [4.69, 9.17) is 9.57 Å². The zero-order valence-electron chi connectivity index (χ0n) is 19.5. The summed E-state index contributed by atoms with van der Waals surface area (Å²) in [5.41, 5.74) is 1.58. The summed E-state index contributed by atoms with van der Waals surface area (Å²) in [7, 11) is 1.85. The maximum atomic E-state index is 12.8. The summed E-state index contributed by atoms with van der Waals surface area (Å²) >= 11 is 0. The lowest BCUT2D eigenvalue weighted by molar-refractivity contribution is -0.149.